The standard InChI is InChI=1S/C15H14ClNO2/c1-18-12-6-7-14-13(8-12)17-9-15(19-14)10-2-4-11(16)5-3-10/h2-8,15,17H,9H2,1H3. The Balaban J connectivity index is 1.84. The minimum absolute atomic E-state index is 0.00170. The zero-order valence-electron chi connectivity index (χ0n) is 10.5. The molecule has 19 heavy (non-hydrogen) atoms. The summed E-state index contributed by atoms with van der Waals surface area (Å²) in [7, 11) is 1.65. The summed E-state index contributed by atoms with van der Waals surface area (Å²) in [5.41, 5.74) is 2.07. The van der Waals surface area contributed by atoms with Gasteiger partial charge in [0.2, 0.25) is 0 Å². The summed E-state index contributed by atoms with van der Waals surface area (Å²) in [6, 6.07) is 13.5. The normalized spacial score (nSPS) is 17.1. The fraction of sp³-hybridized carbons (Fsp3) is 0.200. The molecule has 1 heterocycles. The van der Waals surface area contributed by atoms with Gasteiger partial charge in [-0.2, -0.15) is 0 Å². The maximum absolute atomic E-state index is 6.00. The molecule has 0 aromatic heterocycles. The summed E-state index contributed by atoms with van der Waals surface area (Å²) in [5.74, 6) is 1.66. The molecule has 0 radical (unpaired) electrons. The van der Waals surface area contributed by atoms with E-state index in [1.54, 1.807) is 7.11 Å². The second kappa shape index (κ2) is 5.02. The second-order valence-corrected chi connectivity index (χ2v) is 4.84. The smallest absolute Gasteiger partial charge is 0.143 e. The molecular weight excluding hydrogens is 262 g/mol. The fourth-order valence-corrected chi connectivity index (χ4v) is 2.26. The molecule has 1 unspecified atom stereocenters. The van der Waals surface area contributed by atoms with Crippen molar-refractivity contribution in [1.29, 1.82) is 0 Å². The number of anilines is 1. The highest BCUT2D eigenvalue weighted by molar-refractivity contribution is 6.30. The van der Waals surface area contributed by atoms with Gasteiger partial charge in [0.15, 0.2) is 0 Å². The monoisotopic (exact) mass is 275 g/mol. The lowest BCUT2D eigenvalue weighted by atomic mass is 10.1. The highest BCUT2D eigenvalue weighted by Gasteiger charge is 2.21. The molecule has 1 N–H and O–H groups in total. The van der Waals surface area contributed by atoms with Crippen LogP contribution in [0.3, 0.4) is 0 Å². The van der Waals surface area contributed by atoms with Gasteiger partial charge in [-0.25, -0.2) is 0 Å². The molecule has 4 heteroatoms. The number of benzene rings is 2. The van der Waals surface area contributed by atoms with Crippen LogP contribution in [-0.2, 0) is 0 Å². The van der Waals surface area contributed by atoms with Gasteiger partial charge in [0.05, 0.1) is 19.3 Å². The first kappa shape index (κ1) is 12.2. The van der Waals surface area contributed by atoms with Crippen molar-refractivity contribution in [2.75, 3.05) is 19.0 Å². The fourth-order valence-electron chi connectivity index (χ4n) is 2.14. The van der Waals surface area contributed by atoms with Crippen LogP contribution in [0.1, 0.15) is 11.7 Å². The molecule has 3 rings (SSSR count). The van der Waals surface area contributed by atoms with Crippen molar-refractivity contribution in [3.8, 4) is 11.5 Å². The van der Waals surface area contributed by atoms with Gasteiger partial charge in [-0.15, -0.1) is 0 Å². The molecule has 0 fully saturated rings. The Morgan fingerprint density at radius 3 is 2.74 bits per heavy atom. The van der Waals surface area contributed by atoms with Crippen molar-refractivity contribution in [2.45, 2.75) is 6.10 Å². The lowest BCUT2D eigenvalue weighted by Crippen LogP contribution is -2.23. The zero-order valence-corrected chi connectivity index (χ0v) is 11.3. The van der Waals surface area contributed by atoms with Gasteiger partial charge in [-0.3, -0.25) is 0 Å². The van der Waals surface area contributed by atoms with E-state index in [0.29, 0.717) is 0 Å². The highest BCUT2D eigenvalue weighted by atomic mass is 35.5. The molecule has 1 aliphatic rings. The Morgan fingerprint density at radius 1 is 1.21 bits per heavy atom. The van der Waals surface area contributed by atoms with Crippen molar-refractivity contribution in [3.05, 3.63) is 53.1 Å². The molecule has 0 saturated carbocycles. The van der Waals surface area contributed by atoms with Gasteiger partial charge < -0.3 is 14.8 Å². The van der Waals surface area contributed by atoms with Crippen LogP contribution in [0.25, 0.3) is 0 Å². The first-order valence-electron chi connectivity index (χ1n) is 6.10. The minimum Gasteiger partial charge on any atom is -0.497 e. The van der Waals surface area contributed by atoms with Gasteiger partial charge in [-0.05, 0) is 29.8 Å². The van der Waals surface area contributed by atoms with Gasteiger partial charge in [-0.1, -0.05) is 23.7 Å². The molecule has 0 spiro atoms. The molecule has 0 bridgehead atoms. The van der Waals surface area contributed by atoms with Crippen molar-refractivity contribution in [1.82, 2.24) is 0 Å². The molecule has 1 aliphatic heterocycles. The van der Waals surface area contributed by atoms with E-state index in [0.717, 1.165) is 34.3 Å². The van der Waals surface area contributed by atoms with E-state index >= 15 is 0 Å². The minimum atomic E-state index is -0.00170. The Labute approximate surface area is 117 Å². The third-order valence-corrected chi connectivity index (χ3v) is 3.43. The van der Waals surface area contributed by atoms with E-state index in [2.05, 4.69) is 5.32 Å². The lowest BCUT2D eigenvalue weighted by Gasteiger charge is -2.28. The quantitative estimate of drug-likeness (QED) is 0.902. The van der Waals surface area contributed by atoms with E-state index < -0.39 is 0 Å². The number of fused-ring (bicyclic) bond motifs is 1. The molecule has 2 aromatic carbocycles. The van der Waals surface area contributed by atoms with Crippen LogP contribution in [0.2, 0.25) is 5.02 Å². The molecular formula is C15H14ClNO2. The summed E-state index contributed by atoms with van der Waals surface area (Å²) in [5, 5.41) is 4.10. The first-order chi connectivity index (χ1) is 9.26. The average molecular weight is 276 g/mol. The molecule has 0 saturated heterocycles. The van der Waals surface area contributed by atoms with Crippen LogP contribution >= 0.6 is 11.6 Å². The van der Waals surface area contributed by atoms with E-state index in [-0.39, 0.29) is 6.10 Å². The van der Waals surface area contributed by atoms with Crippen LogP contribution in [0, 0.1) is 0 Å². The third kappa shape index (κ3) is 2.47. The SMILES string of the molecule is COc1ccc2c(c1)NCC(c1ccc(Cl)cc1)O2. The summed E-state index contributed by atoms with van der Waals surface area (Å²) in [6.07, 6.45) is -0.00170. The van der Waals surface area contributed by atoms with E-state index in [1.807, 2.05) is 42.5 Å². The van der Waals surface area contributed by atoms with Crippen LogP contribution in [0.4, 0.5) is 5.69 Å². The second-order valence-electron chi connectivity index (χ2n) is 4.40. The van der Waals surface area contributed by atoms with Crippen molar-refractivity contribution < 1.29 is 9.47 Å². The largest absolute Gasteiger partial charge is 0.497 e. The maximum atomic E-state index is 6.00. The number of hydrogen-bond acceptors (Lipinski definition) is 3. The lowest BCUT2D eigenvalue weighted by molar-refractivity contribution is 0.210. The summed E-state index contributed by atoms with van der Waals surface area (Å²) < 4.78 is 11.2. The van der Waals surface area contributed by atoms with Gasteiger partial charge in [0.25, 0.3) is 0 Å². The van der Waals surface area contributed by atoms with Crippen LogP contribution in [0.5, 0.6) is 11.5 Å². The van der Waals surface area contributed by atoms with Crippen molar-refractivity contribution >= 4 is 17.3 Å². The van der Waals surface area contributed by atoms with E-state index in [9.17, 15) is 0 Å². The molecule has 0 amide bonds. The van der Waals surface area contributed by atoms with Crippen LogP contribution in [0.15, 0.2) is 42.5 Å². The highest BCUT2D eigenvalue weighted by Crippen LogP contribution is 2.36. The van der Waals surface area contributed by atoms with Crippen LogP contribution < -0.4 is 14.8 Å². The molecule has 3 nitrogen and oxygen atoms in total. The number of hydrogen-bond donors (Lipinski definition) is 1. The Bertz CT molecular complexity index is 583. The van der Waals surface area contributed by atoms with Gasteiger partial charge in [0.1, 0.15) is 17.6 Å². The predicted molar refractivity (Wildman–Crippen MR) is 76.3 cm³/mol. The zero-order chi connectivity index (χ0) is 13.2. The van der Waals surface area contributed by atoms with Crippen molar-refractivity contribution in [2.24, 2.45) is 0 Å². The third-order valence-electron chi connectivity index (χ3n) is 3.18. The molecule has 98 valence electrons. The number of halogens is 1. The molecule has 2 aromatic rings. The Hall–Kier alpha value is -1.87. The topological polar surface area (TPSA) is 30.5 Å². The summed E-state index contributed by atoms with van der Waals surface area (Å²) in [4.78, 5) is 0. The van der Waals surface area contributed by atoms with Gasteiger partial charge in [0, 0.05) is 11.1 Å². The Kier molecular flexibility index (Phi) is 3.22. The first-order valence-corrected chi connectivity index (χ1v) is 6.48. The number of rotatable bonds is 2. The number of ether oxygens (including phenoxy) is 2. The van der Waals surface area contributed by atoms with Gasteiger partial charge >= 0.3 is 0 Å². The number of methoxy groups -OCH3 is 1. The maximum Gasteiger partial charge on any atom is 0.143 e. The van der Waals surface area contributed by atoms with E-state index in [4.69, 9.17) is 21.1 Å². The van der Waals surface area contributed by atoms with Crippen molar-refractivity contribution in [3.63, 3.8) is 0 Å². The van der Waals surface area contributed by atoms with E-state index in [1.165, 1.54) is 0 Å². The molecule has 0 aliphatic carbocycles. The average Bonchev–Trinajstić information content (AvgIpc) is 2.47. The molecule has 1 atom stereocenters. The Morgan fingerprint density at radius 2 is 2.00 bits per heavy atom. The van der Waals surface area contributed by atoms with Crippen LogP contribution in [-0.4, -0.2) is 13.7 Å². The number of nitrogens with one attached hydrogen (secondary N) is 1. The predicted octanol–water partition coefficient (Wildman–Crippen LogP) is 3.89. The summed E-state index contributed by atoms with van der Waals surface area (Å²) >= 11 is 5.89. The summed E-state index contributed by atoms with van der Waals surface area (Å²) in [6.45, 7) is 0.724.